The van der Waals surface area contributed by atoms with Crippen molar-refractivity contribution in [3.05, 3.63) is 34.9 Å². The van der Waals surface area contributed by atoms with Crippen LogP contribution < -0.4 is 5.32 Å². The summed E-state index contributed by atoms with van der Waals surface area (Å²) in [6, 6.07) is -1.11. The van der Waals surface area contributed by atoms with Crippen molar-refractivity contribution in [3.8, 4) is 0 Å². The highest BCUT2D eigenvalue weighted by Gasteiger charge is 2.45. The molecule has 0 aromatic heterocycles. The van der Waals surface area contributed by atoms with Gasteiger partial charge in [-0.25, -0.2) is 8.78 Å². The van der Waals surface area contributed by atoms with E-state index in [1.165, 1.54) is 0 Å². The molecule has 0 spiro atoms. The molecule has 104 valence electrons. The minimum absolute atomic E-state index is 0.0949. The molecule has 0 saturated carbocycles. The Bertz CT molecular complexity index is 539. The van der Waals surface area contributed by atoms with Crippen molar-refractivity contribution in [2.45, 2.75) is 18.5 Å². The van der Waals surface area contributed by atoms with Gasteiger partial charge in [0.2, 0.25) is 0 Å². The minimum atomic E-state index is -4.81. The third-order valence-corrected chi connectivity index (χ3v) is 2.67. The number of alkyl halides is 3. The number of halogens is 5. The third-order valence-electron chi connectivity index (χ3n) is 2.67. The van der Waals surface area contributed by atoms with Gasteiger partial charge in [0.25, 0.3) is 0 Å². The molecule has 8 heteroatoms. The Kier molecular flexibility index (Phi) is 3.23. The summed E-state index contributed by atoms with van der Waals surface area (Å²) in [5.41, 5.74) is -1.15. The predicted octanol–water partition coefficient (Wildman–Crippen LogP) is 2.02. The highest BCUT2D eigenvalue weighted by atomic mass is 19.4. The lowest BCUT2D eigenvalue weighted by Gasteiger charge is -2.30. The Morgan fingerprint density at radius 2 is 1.68 bits per heavy atom. The molecule has 1 unspecified atom stereocenters. The maximum atomic E-state index is 13.0. The molecule has 1 heterocycles. The smallest absolute Gasteiger partial charge is 0.370 e. The van der Waals surface area contributed by atoms with Crippen molar-refractivity contribution in [1.29, 1.82) is 0 Å². The van der Waals surface area contributed by atoms with Crippen LogP contribution in [0.5, 0.6) is 0 Å². The predicted molar refractivity (Wildman–Crippen MR) is 56.0 cm³/mol. The van der Waals surface area contributed by atoms with E-state index in [-0.39, 0.29) is 11.3 Å². The quantitative estimate of drug-likeness (QED) is 0.545. The topological polar surface area (TPSA) is 52.5 Å². The van der Waals surface area contributed by atoms with E-state index in [0.717, 1.165) is 6.08 Å². The number of hydrogen-bond donors (Lipinski definition) is 3. The molecule has 1 aliphatic heterocycles. The summed E-state index contributed by atoms with van der Waals surface area (Å²) in [6.07, 6.45) is -6.39. The van der Waals surface area contributed by atoms with Gasteiger partial charge in [-0.15, -0.1) is 0 Å². The van der Waals surface area contributed by atoms with Crippen molar-refractivity contribution in [2.75, 3.05) is 5.32 Å². The lowest BCUT2D eigenvalue weighted by atomic mass is 9.96. The number of hydrogen-bond acceptors (Lipinski definition) is 3. The van der Waals surface area contributed by atoms with Gasteiger partial charge in [0.15, 0.2) is 17.9 Å². The van der Waals surface area contributed by atoms with Crippen LogP contribution in [0, 0.1) is 11.6 Å². The SMILES string of the molecule is OC(O)C1=Cc2cc(F)c(F)cc2NC1C(F)(F)F. The number of anilines is 1. The zero-order valence-electron chi connectivity index (χ0n) is 9.17. The standard InChI is InChI=1S/C11H8F5NO2/c12-6-2-4-1-5(10(18)19)9(11(14,15)16)17-8(4)3-7(6)13/h1-3,9-10,17-19H. The van der Waals surface area contributed by atoms with Crippen LogP contribution in [0.15, 0.2) is 17.7 Å². The second-order valence-corrected chi connectivity index (χ2v) is 3.99. The maximum Gasteiger partial charge on any atom is 0.412 e. The monoisotopic (exact) mass is 281 g/mol. The van der Waals surface area contributed by atoms with Crippen molar-refractivity contribution in [1.82, 2.24) is 0 Å². The largest absolute Gasteiger partial charge is 0.412 e. The summed E-state index contributed by atoms with van der Waals surface area (Å²) < 4.78 is 64.2. The summed E-state index contributed by atoms with van der Waals surface area (Å²) in [6.45, 7) is 0. The molecule has 0 radical (unpaired) electrons. The van der Waals surface area contributed by atoms with Crippen LogP contribution in [0.3, 0.4) is 0 Å². The van der Waals surface area contributed by atoms with E-state index in [4.69, 9.17) is 10.2 Å². The van der Waals surface area contributed by atoms with Gasteiger partial charge >= 0.3 is 6.18 Å². The van der Waals surface area contributed by atoms with Crippen molar-refractivity contribution in [3.63, 3.8) is 0 Å². The molecule has 1 atom stereocenters. The molecule has 0 fully saturated rings. The van der Waals surface area contributed by atoms with E-state index in [1.807, 2.05) is 5.32 Å². The molecule has 0 bridgehead atoms. The summed E-state index contributed by atoms with van der Waals surface area (Å²) in [7, 11) is 0. The van der Waals surface area contributed by atoms with Crippen LogP contribution in [0.4, 0.5) is 27.6 Å². The third kappa shape index (κ3) is 2.54. The lowest BCUT2D eigenvalue weighted by Crippen LogP contribution is -2.43. The number of nitrogens with one attached hydrogen (secondary N) is 1. The van der Waals surface area contributed by atoms with E-state index in [0.29, 0.717) is 12.1 Å². The first-order valence-electron chi connectivity index (χ1n) is 5.10. The van der Waals surface area contributed by atoms with Crippen LogP contribution >= 0.6 is 0 Å². The highest BCUT2D eigenvalue weighted by molar-refractivity contribution is 5.74. The number of rotatable bonds is 1. The van der Waals surface area contributed by atoms with Crippen LogP contribution in [-0.2, 0) is 0 Å². The van der Waals surface area contributed by atoms with Gasteiger partial charge < -0.3 is 15.5 Å². The van der Waals surface area contributed by atoms with E-state index in [1.54, 1.807) is 0 Å². The molecule has 3 nitrogen and oxygen atoms in total. The van der Waals surface area contributed by atoms with Gasteiger partial charge in [-0.05, 0) is 12.1 Å². The number of aliphatic hydroxyl groups excluding tert-OH is 1. The first kappa shape index (κ1) is 13.8. The Balaban J connectivity index is 2.54. The van der Waals surface area contributed by atoms with Crippen LogP contribution in [0.2, 0.25) is 0 Å². The van der Waals surface area contributed by atoms with Crippen molar-refractivity contribution in [2.24, 2.45) is 0 Å². The normalized spacial score (nSPS) is 18.9. The molecular formula is C11H8F5NO2. The van der Waals surface area contributed by atoms with Crippen LogP contribution in [0.25, 0.3) is 6.08 Å². The number of fused-ring (bicyclic) bond motifs is 1. The molecule has 0 aliphatic carbocycles. The average molecular weight is 281 g/mol. The number of aliphatic hydroxyl groups is 2. The fraction of sp³-hybridized carbons (Fsp3) is 0.273. The summed E-state index contributed by atoms with van der Waals surface area (Å²) in [5.74, 6) is -2.54. The van der Waals surface area contributed by atoms with E-state index < -0.39 is 35.7 Å². The van der Waals surface area contributed by atoms with Crippen LogP contribution in [0.1, 0.15) is 5.56 Å². The van der Waals surface area contributed by atoms with E-state index in [9.17, 15) is 22.0 Å². The highest BCUT2D eigenvalue weighted by Crippen LogP contribution is 2.37. The average Bonchev–Trinajstić information content (AvgIpc) is 2.27. The molecular weight excluding hydrogens is 273 g/mol. The second-order valence-electron chi connectivity index (χ2n) is 3.99. The molecule has 0 amide bonds. The van der Waals surface area contributed by atoms with E-state index >= 15 is 0 Å². The molecule has 1 aliphatic rings. The first-order valence-corrected chi connectivity index (χ1v) is 5.10. The Hall–Kier alpha value is -1.67. The second kappa shape index (κ2) is 4.46. The Morgan fingerprint density at radius 1 is 1.11 bits per heavy atom. The van der Waals surface area contributed by atoms with Gasteiger partial charge in [0.1, 0.15) is 6.04 Å². The zero-order valence-corrected chi connectivity index (χ0v) is 9.17. The molecule has 2 rings (SSSR count). The Labute approximate surface area is 104 Å². The lowest BCUT2D eigenvalue weighted by molar-refractivity contribution is -0.143. The Morgan fingerprint density at radius 3 is 2.21 bits per heavy atom. The summed E-state index contributed by atoms with van der Waals surface area (Å²) in [4.78, 5) is 0. The summed E-state index contributed by atoms with van der Waals surface area (Å²) in [5, 5.41) is 19.8. The molecule has 19 heavy (non-hydrogen) atoms. The first-order chi connectivity index (χ1) is 8.70. The van der Waals surface area contributed by atoms with Crippen LogP contribution in [-0.4, -0.2) is 28.7 Å². The molecule has 0 saturated heterocycles. The fourth-order valence-corrected chi connectivity index (χ4v) is 1.80. The van der Waals surface area contributed by atoms with Gasteiger partial charge in [-0.2, -0.15) is 13.2 Å². The molecule has 1 aromatic carbocycles. The summed E-state index contributed by atoms with van der Waals surface area (Å²) >= 11 is 0. The molecule has 3 N–H and O–H groups in total. The number of benzene rings is 1. The van der Waals surface area contributed by atoms with Gasteiger partial charge in [0.05, 0.1) is 0 Å². The van der Waals surface area contributed by atoms with Crippen molar-refractivity contribution < 1.29 is 32.2 Å². The van der Waals surface area contributed by atoms with Gasteiger partial charge in [0, 0.05) is 22.9 Å². The zero-order chi connectivity index (χ0) is 14.4. The van der Waals surface area contributed by atoms with E-state index in [2.05, 4.69) is 0 Å². The minimum Gasteiger partial charge on any atom is -0.370 e. The van der Waals surface area contributed by atoms with Gasteiger partial charge in [-0.1, -0.05) is 0 Å². The van der Waals surface area contributed by atoms with Crippen molar-refractivity contribution >= 4 is 11.8 Å². The fourth-order valence-electron chi connectivity index (χ4n) is 1.80. The maximum absolute atomic E-state index is 13.0. The molecule has 1 aromatic rings. The van der Waals surface area contributed by atoms with Gasteiger partial charge in [-0.3, -0.25) is 0 Å².